The first-order valence-corrected chi connectivity index (χ1v) is 6.60. The summed E-state index contributed by atoms with van der Waals surface area (Å²) < 4.78 is 27.9. The first kappa shape index (κ1) is 14.1. The van der Waals surface area contributed by atoms with Gasteiger partial charge in [0.2, 0.25) is 0 Å². The molecule has 0 unspecified atom stereocenters. The first-order valence-electron chi connectivity index (χ1n) is 6.60. The topological polar surface area (TPSA) is 20.3 Å². The third-order valence-corrected chi connectivity index (χ3v) is 3.96. The van der Waals surface area contributed by atoms with Crippen LogP contribution in [-0.4, -0.2) is 29.3 Å². The Morgan fingerprint density at radius 2 is 1.79 bits per heavy atom. The first-order chi connectivity index (χ1) is 8.85. The summed E-state index contributed by atoms with van der Waals surface area (Å²) in [5.41, 5.74) is -0.981. The van der Waals surface area contributed by atoms with Gasteiger partial charge in [0.1, 0.15) is 11.6 Å². The van der Waals surface area contributed by atoms with E-state index >= 15 is 0 Å². The van der Waals surface area contributed by atoms with Crippen LogP contribution in [0.3, 0.4) is 0 Å². The fourth-order valence-corrected chi connectivity index (χ4v) is 2.59. The van der Waals surface area contributed by atoms with Gasteiger partial charge >= 0.3 is 0 Å². The van der Waals surface area contributed by atoms with E-state index in [2.05, 4.69) is 0 Å². The maximum Gasteiger partial charge on any atom is 0.188 e. The molecule has 19 heavy (non-hydrogen) atoms. The van der Waals surface area contributed by atoms with Crippen LogP contribution in [0.2, 0.25) is 0 Å². The molecule has 0 amide bonds. The number of likely N-dealkylation sites (tertiary alicyclic amines) is 1. The van der Waals surface area contributed by atoms with E-state index in [1.165, 1.54) is 13.0 Å². The molecule has 4 heteroatoms. The summed E-state index contributed by atoms with van der Waals surface area (Å²) >= 11 is 0. The SMILES string of the molecule is Cc1ccc(F)c(C(=O)C(C)(C)N2CCCC2)c1F. The summed E-state index contributed by atoms with van der Waals surface area (Å²) in [5.74, 6) is -1.99. The van der Waals surface area contributed by atoms with Crippen LogP contribution in [0.4, 0.5) is 8.78 Å². The van der Waals surface area contributed by atoms with E-state index in [1.54, 1.807) is 13.8 Å². The van der Waals surface area contributed by atoms with Crippen molar-refractivity contribution in [2.24, 2.45) is 0 Å². The zero-order chi connectivity index (χ0) is 14.2. The molecule has 2 nitrogen and oxygen atoms in total. The molecule has 2 rings (SSSR count). The van der Waals surface area contributed by atoms with Crippen molar-refractivity contribution in [3.63, 3.8) is 0 Å². The Bertz CT molecular complexity index is 505. The van der Waals surface area contributed by atoms with E-state index in [1.807, 2.05) is 4.90 Å². The van der Waals surface area contributed by atoms with Gasteiger partial charge in [-0.1, -0.05) is 6.07 Å². The highest BCUT2D eigenvalue weighted by atomic mass is 19.1. The zero-order valence-electron chi connectivity index (χ0n) is 11.6. The monoisotopic (exact) mass is 267 g/mol. The van der Waals surface area contributed by atoms with Crippen molar-refractivity contribution in [3.05, 3.63) is 34.9 Å². The van der Waals surface area contributed by atoms with Gasteiger partial charge in [0.25, 0.3) is 0 Å². The number of hydrogen-bond donors (Lipinski definition) is 0. The molecule has 0 aliphatic carbocycles. The Balaban J connectivity index is 2.41. The average molecular weight is 267 g/mol. The highest BCUT2D eigenvalue weighted by molar-refractivity contribution is 6.03. The number of carbonyl (C=O) groups excluding carboxylic acids is 1. The standard InChI is InChI=1S/C15H19F2NO/c1-10-6-7-11(16)12(13(10)17)14(19)15(2,3)18-8-4-5-9-18/h6-7H,4-5,8-9H2,1-3H3. The molecular formula is C15H19F2NO. The third-order valence-electron chi connectivity index (χ3n) is 3.96. The van der Waals surface area contributed by atoms with Gasteiger partial charge in [0.15, 0.2) is 5.78 Å². The minimum atomic E-state index is -0.869. The molecule has 1 saturated heterocycles. The van der Waals surface area contributed by atoms with E-state index in [0.717, 1.165) is 32.0 Å². The van der Waals surface area contributed by atoms with Crippen molar-refractivity contribution < 1.29 is 13.6 Å². The third kappa shape index (κ3) is 2.41. The van der Waals surface area contributed by atoms with Gasteiger partial charge in [-0.15, -0.1) is 0 Å². The van der Waals surface area contributed by atoms with Crippen LogP contribution in [-0.2, 0) is 0 Å². The van der Waals surface area contributed by atoms with Gasteiger partial charge in [-0.2, -0.15) is 0 Å². The summed E-state index contributed by atoms with van der Waals surface area (Å²) in [6.45, 7) is 6.61. The molecule has 1 aliphatic rings. The summed E-state index contributed by atoms with van der Waals surface area (Å²) in [6.07, 6.45) is 2.05. The predicted molar refractivity (Wildman–Crippen MR) is 70.3 cm³/mol. The van der Waals surface area contributed by atoms with Crippen LogP contribution in [0.15, 0.2) is 12.1 Å². The molecule has 0 N–H and O–H groups in total. The van der Waals surface area contributed by atoms with E-state index in [-0.39, 0.29) is 0 Å². The van der Waals surface area contributed by atoms with Crippen molar-refractivity contribution in [1.82, 2.24) is 4.90 Å². The average Bonchev–Trinajstić information content (AvgIpc) is 2.88. The Hall–Kier alpha value is -1.29. The molecule has 1 aromatic carbocycles. The quantitative estimate of drug-likeness (QED) is 0.783. The number of Topliss-reactive ketones (excluding diaryl/α,β-unsaturated/α-hetero) is 1. The Labute approximate surface area is 112 Å². The van der Waals surface area contributed by atoms with Crippen LogP contribution in [0, 0.1) is 18.6 Å². The highest BCUT2D eigenvalue weighted by Crippen LogP contribution is 2.28. The summed E-state index contributed by atoms with van der Waals surface area (Å²) in [6, 6.07) is 2.51. The molecular weight excluding hydrogens is 248 g/mol. The summed E-state index contributed by atoms with van der Waals surface area (Å²) in [4.78, 5) is 14.5. The molecule has 1 heterocycles. The van der Waals surface area contributed by atoms with Crippen LogP contribution in [0.1, 0.15) is 42.6 Å². The van der Waals surface area contributed by atoms with Crippen LogP contribution in [0.25, 0.3) is 0 Å². The molecule has 0 saturated carbocycles. The number of aryl methyl sites for hydroxylation is 1. The van der Waals surface area contributed by atoms with Gasteiger partial charge in [-0.05, 0) is 58.3 Å². The van der Waals surface area contributed by atoms with Crippen molar-refractivity contribution in [2.75, 3.05) is 13.1 Å². The lowest BCUT2D eigenvalue weighted by Gasteiger charge is -2.34. The molecule has 1 aromatic rings. The Morgan fingerprint density at radius 1 is 1.21 bits per heavy atom. The second kappa shape index (κ2) is 5.00. The number of rotatable bonds is 3. The van der Waals surface area contributed by atoms with Crippen molar-refractivity contribution in [3.8, 4) is 0 Å². The van der Waals surface area contributed by atoms with Gasteiger partial charge in [0, 0.05) is 0 Å². The lowest BCUT2D eigenvalue weighted by molar-refractivity contribution is 0.0693. The van der Waals surface area contributed by atoms with E-state index in [9.17, 15) is 13.6 Å². The lowest BCUT2D eigenvalue weighted by atomic mass is 9.90. The van der Waals surface area contributed by atoms with Crippen LogP contribution >= 0.6 is 0 Å². The fourth-order valence-electron chi connectivity index (χ4n) is 2.59. The molecule has 0 spiro atoms. The van der Waals surface area contributed by atoms with Crippen molar-refractivity contribution in [2.45, 2.75) is 39.2 Å². The molecule has 0 aromatic heterocycles. The largest absolute Gasteiger partial charge is 0.292 e. The predicted octanol–water partition coefficient (Wildman–Crippen LogP) is 3.33. The van der Waals surface area contributed by atoms with Crippen molar-refractivity contribution >= 4 is 5.78 Å². The molecule has 1 fully saturated rings. The number of halogens is 2. The fraction of sp³-hybridized carbons (Fsp3) is 0.533. The number of carbonyl (C=O) groups is 1. The maximum absolute atomic E-state index is 14.1. The number of nitrogens with zero attached hydrogens (tertiary/aromatic N) is 1. The summed E-state index contributed by atoms with van der Waals surface area (Å²) in [7, 11) is 0. The Morgan fingerprint density at radius 3 is 2.37 bits per heavy atom. The van der Waals surface area contributed by atoms with Gasteiger partial charge in [0.05, 0.1) is 11.1 Å². The second-order valence-corrected chi connectivity index (χ2v) is 5.64. The highest BCUT2D eigenvalue weighted by Gasteiger charge is 2.39. The number of ketones is 1. The minimum absolute atomic E-state index is 0.293. The minimum Gasteiger partial charge on any atom is -0.292 e. The van der Waals surface area contributed by atoms with E-state index < -0.39 is 28.5 Å². The van der Waals surface area contributed by atoms with Gasteiger partial charge in [-0.3, -0.25) is 9.69 Å². The molecule has 0 atom stereocenters. The van der Waals surface area contributed by atoms with Gasteiger partial charge < -0.3 is 0 Å². The van der Waals surface area contributed by atoms with E-state index in [4.69, 9.17) is 0 Å². The number of benzene rings is 1. The summed E-state index contributed by atoms with van der Waals surface area (Å²) in [5, 5.41) is 0. The zero-order valence-corrected chi connectivity index (χ0v) is 11.6. The molecule has 0 radical (unpaired) electrons. The normalized spacial score (nSPS) is 16.9. The second-order valence-electron chi connectivity index (χ2n) is 5.64. The lowest BCUT2D eigenvalue weighted by Crippen LogP contribution is -2.49. The van der Waals surface area contributed by atoms with Gasteiger partial charge in [-0.25, -0.2) is 8.78 Å². The molecule has 104 valence electrons. The molecule has 0 bridgehead atoms. The smallest absolute Gasteiger partial charge is 0.188 e. The molecule has 1 aliphatic heterocycles. The van der Waals surface area contributed by atoms with Crippen LogP contribution < -0.4 is 0 Å². The number of hydrogen-bond acceptors (Lipinski definition) is 2. The van der Waals surface area contributed by atoms with E-state index in [0.29, 0.717) is 5.56 Å². The maximum atomic E-state index is 14.1. The van der Waals surface area contributed by atoms with Crippen LogP contribution in [0.5, 0.6) is 0 Å². The Kier molecular flexibility index (Phi) is 3.72. The van der Waals surface area contributed by atoms with Crippen molar-refractivity contribution in [1.29, 1.82) is 0 Å².